The first kappa shape index (κ1) is 16.0. The smallest absolute Gasteiger partial charge is 0.264 e. The van der Waals surface area contributed by atoms with Gasteiger partial charge in [0.25, 0.3) is 10.0 Å². The Balaban J connectivity index is 1.78. The fraction of sp³-hybridized carbons (Fsp3) is 0.0667. The molecule has 6 nitrogen and oxygen atoms in total. The Hall–Kier alpha value is -2.52. The average Bonchev–Trinajstić information content (AvgIpc) is 3.16. The molecule has 130 valence electrons. The van der Waals surface area contributed by atoms with Crippen LogP contribution in [0, 0.1) is 11.6 Å². The zero-order valence-electron chi connectivity index (χ0n) is 12.3. The number of rotatable bonds is 3. The molecule has 0 atom stereocenters. The summed E-state index contributed by atoms with van der Waals surface area (Å²) in [6, 6.07) is 4.47. The minimum atomic E-state index is -4.19. The number of H-pyrrole nitrogens is 1. The molecule has 0 saturated heterocycles. The van der Waals surface area contributed by atoms with Crippen LogP contribution < -0.4 is 14.2 Å². The molecule has 0 spiro atoms. The molecule has 1 aromatic heterocycles. The number of aromatic nitrogens is 1. The first-order chi connectivity index (χ1) is 11.8. The fourth-order valence-corrected chi connectivity index (χ4v) is 3.89. The van der Waals surface area contributed by atoms with E-state index in [1.54, 1.807) is 6.07 Å². The molecule has 3 aromatic rings. The highest BCUT2D eigenvalue weighted by Gasteiger charge is 2.24. The van der Waals surface area contributed by atoms with Crippen LogP contribution in [0.15, 0.2) is 35.4 Å². The normalized spacial score (nSPS) is 13.4. The van der Waals surface area contributed by atoms with Crippen LogP contribution in [0.1, 0.15) is 0 Å². The Labute approximate surface area is 145 Å². The molecular formula is C15H9ClF2N2O4S. The Kier molecular flexibility index (Phi) is 3.51. The van der Waals surface area contributed by atoms with E-state index in [0.29, 0.717) is 34.5 Å². The number of anilines is 1. The molecule has 0 radical (unpaired) electrons. The van der Waals surface area contributed by atoms with E-state index in [4.69, 9.17) is 21.1 Å². The molecule has 4 rings (SSSR count). The molecule has 0 fully saturated rings. The third kappa shape index (κ3) is 2.65. The maximum absolute atomic E-state index is 13.9. The van der Waals surface area contributed by atoms with Gasteiger partial charge in [-0.1, -0.05) is 11.6 Å². The van der Waals surface area contributed by atoms with Gasteiger partial charge in [-0.05, 0) is 12.1 Å². The lowest BCUT2D eigenvalue weighted by molar-refractivity contribution is 0.174. The Morgan fingerprint density at radius 1 is 1.08 bits per heavy atom. The van der Waals surface area contributed by atoms with Crippen LogP contribution in [0.5, 0.6) is 11.5 Å². The molecule has 0 saturated carbocycles. The van der Waals surface area contributed by atoms with Crippen LogP contribution in [0.3, 0.4) is 0 Å². The number of benzene rings is 2. The van der Waals surface area contributed by atoms with Crippen molar-refractivity contribution in [3.63, 3.8) is 0 Å². The maximum Gasteiger partial charge on any atom is 0.264 e. The number of aromatic amines is 1. The van der Waals surface area contributed by atoms with Gasteiger partial charge in [0.05, 0.1) is 16.2 Å². The van der Waals surface area contributed by atoms with Crippen LogP contribution in [0.25, 0.3) is 10.9 Å². The summed E-state index contributed by atoms with van der Waals surface area (Å²) >= 11 is 5.47. The van der Waals surface area contributed by atoms with Gasteiger partial charge in [0.15, 0.2) is 11.5 Å². The van der Waals surface area contributed by atoms with Gasteiger partial charge in [-0.2, -0.15) is 0 Å². The van der Waals surface area contributed by atoms with Crippen molar-refractivity contribution in [3.05, 3.63) is 47.1 Å². The van der Waals surface area contributed by atoms with Gasteiger partial charge in [-0.25, -0.2) is 17.2 Å². The number of hydrogen-bond acceptors (Lipinski definition) is 4. The Morgan fingerprint density at radius 3 is 2.56 bits per heavy atom. The standard InChI is InChI=1S/C15H9ClF2N2O4S/c16-8-2-10(18)12(3-9(8)17)20-25(21,22)15-5-19-11-4-14-13(1-7(11)15)23-6-24-14/h1-5,19-20H,6H2. The summed E-state index contributed by atoms with van der Waals surface area (Å²) in [6.45, 7) is 0.0392. The van der Waals surface area contributed by atoms with Crippen molar-refractivity contribution in [1.29, 1.82) is 0 Å². The van der Waals surface area contributed by atoms with Gasteiger partial charge in [0.1, 0.15) is 16.5 Å². The van der Waals surface area contributed by atoms with Crippen LogP contribution in [-0.2, 0) is 10.0 Å². The molecule has 25 heavy (non-hydrogen) atoms. The second-order valence-electron chi connectivity index (χ2n) is 5.26. The van der Waals surface area contributed by atoms with Crippen LogP contribution in [0.4, 0.5) is 14.5 Å². The van der Waals surface area contributed by atoms with Gasteiger partial charge in [0.2, 0.25) is 6.79 Å². The highest BCUT2D eigenvalue weighted by atomic mass is 35.5. The van der Waals surface area contributed by atoms with Crippen LogP contribution in [0.2, 0.25) is 5.02 Å². The largest absolute Gasteiger partial charge is 0.454 e. The van der Waals surface area contributed by atoms with E-state index < -0.39 is 32.4 Å². The minimum absolute atomic E-state index is 0.0392. The molecular weight excluding hydrogens is 378 g/mol. The van der Waals surface area contributed by atoms with Crippen molar-refractivity contribution >= 4 is 38.2 Å². The van der Waals surface area contributed by atoms with Crippen molar-refractivity contribution in [1.82, 2.24) is 4.98 Å². The number of ether oxygens (including phenoxy) is 2. The molecule has 10 heteroatoms. The van der Waals surface area contributed by atoms with E-state index >= 15 is 0 Å². The Bertz CT molecular complexity index is 1110. The molecule has 0 bridgehead atoms. The minimum Gasteiger partial charge on any atom is -0.454 e. The summed E-state index contributed by atoms with van der Waals surface area (Å²) in [5, 5.41) is -0.119. The van der Waals surface area contributed by atoms with Gasteiger partial charge in [-0.3, -0.25) is 4.72 Å². The zero-order chi connectivity index (χ0) is 17.8. The van der Waals surface area contributed by atoms with Crippen molar-refractivity contribution in [3.8, 4) is 11.5 Å². The van der Waals surface area contributed by atoms with Crippen molar-refractivity contribution in [2.24, 2.45) is 0 Å². The van der Waals surface area contributed by atoms with E-state index in [9.17, 15) is 17.2 Å². The molecule has 0 unspecified atom stereocenters. The van der Waals surface area contributed by atoms with Crippen molar-refractivity contribution < 1.29 is 26.7 Å². The van der Waals surface area contributed by atoms with Gasteiger partial charge >= 0.3 is 0 Å². The quantitative estimate of drug-likeness (QED) is 0.674. The highest BCUT2D eigenvalue weighted by Crippen LogP contribution is 2.38. The van der Waals surface area contributed by atoms with E-state index in [1.807, 2.05) is 4.72 Å². The summed E-state index contributed by atoms with van der Waals surface area (Å²) in [4.78, 5) is 2.66. The van der Waals surface area contributed by atoms with E-state index in [-0.39, 0.29) is 11.7 Å². The molecule has 0 amide bonds. The second kappa shape index (κ2) is 5.50. The van der Waals surface area contributed by atoms with E-state index in [0.717, 1.165) is 0 Å². The number of halogens is 3. The highest BCUT2D eigenvalue weighted by molar-refractivity contribution is 7.93. The van der Waals surface area contributed by atoms with Crippen molar-refractivity contribution in [2.75, 3.05) is 11.5 Å². The summed E-state index contributed by atoms with van der Waals surface area (Å²) in [5.41, 5.74) is -0.0515. The number of sulfonamides is 1. The third-order valence-electron chi connectivity index (χ3n) is 3.68. The second-order valence-corrected chi connectivity index (χ2v) is 7.31. The average molecular weight is 387 g/mol. The first-order valence-electron chi connectivity index (χ1n) is 6.93. The number of nitrogens with one attached hydrogen (secondary N) is 2. The van der Waals surface area contributed by atoms with E-state index in [2.05, 4.69) is 4.98 Å². The number of fused-ring (bicyclic) bond motifs is 2. The Morgan fingerprint density at radius 2 is 1.80 bits per heavy atom. The summed E-state index contributed by atoms with van der Waals surface area (Å²) in [7, 11) is -4.19. The molecule has 2 heterocycles. The predicted molar refractivity (Wildman–Crippen MR) is 86.6 cm³/mol. The monoisotopic (exact) mass is 386 g/mol. The summed E-state index contributed by atoms with van der Waals surface area (Å²) < 4.78 is 65.1. The molecule has 0 aliphatic carbocycles. The summed E-state index contributed by atoms with van der Waals surface area (Å²) in [6.07, 6.45) is 1.24. The lowest BCUT2D eigenvalue weighted by atomic mass is 10.2. The third-order valence-corrected chi connectivity index (χ3v) is 5.38. The zero-order valence-corrected chi connectivity index (χ0v) is 13.8. The van der Waals surface area contributed by atoms with Crippen LogP contribution >= 0.6 is 11.6 Å². The lowest BCUT2D eigenvalue weighted by Crippen LogP contribution is -2.14. The molecule has 2 N–H and O–H groups in total. The fourth-order valence-electron chi connectivity index (χ4n) is 2.51. The maximum atomic E-state index is 13.9. The molecule has 1 aliphatic rings. The summed E-state index contributed by atoms with van der Waals surface area (Å²) in [5.74, 6) is -1.06. The number of hydrogen-bond donors (Lipinski definition) is 2. The lowest BCUT2D eigenvalue weighted by Gasteiger charge is -2.09. The molecule has 2 aromatic carbocycles. The van der Waals surface area contributed by atoms with Crippen LogP contribution in [-0.4, -0.2) is 20.2 Å². The topological polar surface area (TPSA) is 80.4 Å². The first-order valence-corrected chi connectivity index (χ1v) is 8.79. The van der Waals surface area contributed by atoms with Crippen molar-refractivity contribution in [2.45, 2.75) is 4.90 Å². The van der Waals surface area contributed by atoms with E-state index in [1.165, 1.54) is 12.3 Å². The molecule has 1 aliphatic heterocycles. The SMILES string of the molecule is O=S(=O)(Nc1cc(F)c(Cl)cc1F)c1c[nH]c2cc3c(cc12)OCO3. The van der Waals surface area contributed by atoms with Gasteiger partial charge < -0.3 is 14.5 Å². The predicted octanol–water partition coefficient (Wildman–Crippen LogP) is 3.63. The van der Waals surface area contributed by atoms with Gasteiger partial charge in [0, 0.05) is 23.7 Å². The van der Waals surface area contributed by atoms with Gasteiger partial charge in [-0.15, -0.1) is 0 Å².